The third-order valence-electron chi connectivity index (χ3n) is 4.40. The minimum absolute atomic E-state index is 0.0838. The van der Waals surface area contributed by atoms with Crippen molar-refractivity contribution >= 4 is 29.3 Å². The number of hydrogen-bond acceptors (Lipinski definition) is 4. The maximum absolute atomic E-state index is 12.3. The Hall–Kier alpha value is -2.34. The molecule has 25 heavy (non-hydrogen) atoms. The van der Waals surface area contributed by atoms with Gasteiger partial charge in [0.1, 0.15) is 0 Å². The monoisotopic (exact) mass is 356 g/mol. The van der Waals surface area contributed by atoms with Crippen molar-refractivity contribution in [2.24, 2.45) is 11.8 Å². The molecule has 0 radical (unpaired) electrons. The predicted octanol–water partition coefficient (Wildman–Crippen LogP) is 3.81. The van der Waals surface area contributed by atoms with E-state index in [9.17, 15) is 9.59 Å². The van der Waals surface area contributed by atoms with Gasteiger partial charge in [0.15, 0.2) is 0 Å². The fourth-order valence-electron chi connectivity index (χ4n) is 2.97. The van der Waals surface area contributed by atoms with Crippen LogP contribution >= 0.6 is 11.8 Å². The van der Waals surface area contributed by atoms with Crippen LogP contribution in [0.5, 0.6) is 0 Å². The van der Waals surface area contributed by atoms with Crippen molar-refractivity contribution in [1.29, 1.82) is 0 Å². The van der Waals surface area contributed by atoms with Gasteiger partial charge in [-0.25, -0.2) is 0 Å². The zero-order valence-corrected chi connectivity index (χ0v) is 14.5. The fraction of sp³-hybridized carbons (Fsp3) is 0.316. The molecule has 5 nitrogen and oxygen atoms in total. The predicted molar refractivity (Wildman–Crippen MR) is 97.3 cm³/mol. The lowest BCUT2D eigenvalue weighted by Gasteiger charge is -2.11. The molecule has 1 amide bonds. The Kier molecular flexibility index (Phi) is 5.71. The van der Waals surface area contributed by atoms with Crippen molar-refractivity contribution in [1.82, 2.24) is 4.98 Å². The molecule has 1 aliphatic carbocycles. The Morgan fingerprint density at radius 2 is 1.92 bits per heavy atom. The average Bonchev–Trinajstić information content (AvgIpc) is 3.13. The molecule has 6 heteroatoms. The molecule has 1 fully saturated rings. The minimum Gasteiger partial charge on any atom is -0.481 e. The summed E-state index contributed by atoms with van der Waals surface area (Å²) in [7, 11) is 0. The zero-order valence-electron chi connectivity index (χ0n) is 13.7. The summed E-state index contributed by atoms with van der Waals surface area (Å²) in [6.45, 7) is 0. The molecule has 0 unspecified atom stereocenters. The quantitative estimate of drug-likeness (QED) is 0.769. The number of carbonyl (C=O) groups is 2. The van der Waals surface area contributed by atoms with Gasteiger partial charge >= 0.3 is 5.97 Å². The first-order valence-corrected chi connectivity index (χ1v) is 9.26. The van der Waals surface area contributed by atoms with Crippen LogP contribution < -0.4 is 5.32 Å². The van der Waals surface area contributed by atoms with E-state index in [4.69, 9.17) is 5.11 Å². The van der Waals surface area contributed by atoms with E-state index in [1.165, 1.54) is 5.56 Å². The van der Waals surface area contributed by atoms with Crippen molar-refractivity contribution < 1.29 is 14.7 Å². The van der Waals surface area contributed by atoms with Crippen LogP contribution in [0.3, 0.4) is 0 Å². The molecule has 3 rings (SSSR count). The standard InChI is InChI=1S/C19H20N2O3S/c22-18(14-3-4-15(10-14)19(23)24)21-16-5-7-17(8-6-16)25-12-13-2-1-9-20-11-13/h1-2,5-9,11,14-15H,3-4,10,12H2,(H,21,22)(H,23,24)/t14-,15+/m0/s1. The average molecular weight is 356 g/mol. The first-order chi connectivity index (χ1) is 12.1. The van der Waals surface area contributed by atoms with Gasteiger partial charge in [0, 0.05) is 34.6 Å². The van der Waals surface area contributed by atoms with E-state index in [0.29, 0.717) is 19.3 Å². The normalized spacial score (nSPS) is 19.5. The van der Waals surface area contributed by atoms with Crippen LogP contribution in [0.25, 0.3) is 0 Å². The van der Waals surface area contributed by atoms with Crippen LogP contribution in [0, 0.1) is 11.8 Å². The maximum Gasteiger partial charge on any atom is 0.306 e. The first kappa shape index (κ1) is 17.5. The number of anilines is 1. The Labute approximate surface area is 150 Å². The molecule has 2 atom stereocenters. The number of aliphatic carboxylic acids is 1. The second-order valence-corrected chi connectivity index (χ2v) is 7.26. The molecule has 1 aromatic heterocycles. The largest absolute Gasteiger partial charge is 0.481 e. The van der Waals surface area contributed by atoms with Crippen molar-refractivity contribution in [3.8, 4) is 0 Å². The van der Waals surface area contributed by atoms with Gasteiger partial charge < -0.3 is 10.4 Å². The number of carbonyl (C=O) groups excluding carboxylic acids is 1. The molecule has 0 spiro atoms. The van der Waals surface area contributed by atoms with Gasteiger partial charge in [-0.3, -0.25) is 14.6 Å². The molecule has 0 saturated heterocycles. The van der Waals surface area contributed by atoms with Gasteiger partial charge in [0.2, 0.25) is 5.91 Å². The van der Waals surface area contributed by atoms with Gasteiger partial charge in [-0.05, 0) is 55.2 Å². The number of carboxylic acids is 1. The third-order valence-corrected chi connectivity index (χ3v) is 5.49. The summed E-state index contributed by atoms with van der Waals surface area (Å²) in [5, 5.41) is 11.9. The lowest BCUT2D eigenvalue weighted by atomic mass is 10.0. The Morgan fingerprint density at radius 3 is 2.56 bits per heavy atom. The van der Waals surface area contributed by atoms with Gasteiger partial charge in [-0.1, -0.05) is 6.07 Å². The van der Waals surface area contributed by atoms with E-state index in [0.717, 1.165) is 16.3 Å². The van der Waals surface area contributed by atoms with E-state index < -0.39 is 5.97 Å². The fourth-order valence-corrected chi connectivity index (χ4v) is 3.81. The van der Waals surface area contributed by atoms with Crippen LogP contribution in [0.4, 0.5) is 5.69 Å². The summed E-state index contributed by atoms with van der Waals surface area (Å²) in [6, 6.07) is 11.7. The highest BCUT2D eigenvalue weighted by Crippen LogP contribution is 2.32. The van der Waals surface area contributed by atoms with Crippen molar-refractivity contribution in [3.05, 3.63) is 54.4 Å². The molecular formula is C19H20N2O3S. The van der Waals surface area contributed by atoms with Gasteiger partial charge in [0.25, 0.3) is 0 Å². The van der Waals surface area contributed by atoms with Gasteiger partial charge in [-0.15, -0.1) is 11.8 Å². The molecule has 0 bridgehead atoms. The summed E-state index contributed by atoms with van der Waals surface area (Å²) in [5.74, 6) is -0.634. The number of nitrogens with zero attached hydrogens (tertiary/aromatic N) is 1. The maximum atomic E-state index is 12.3. The van der Waals surface area contributed by atoms with E-state index in [-0.39, 0.29) is 17.7 Å². The zero-order chi connectivity index (χ0) is 17.6. The molecule has 2 N–H and O–H groups in total. The van der Waals surface area contributed by atoms with E-state index in [2.05, 4.69) is 10.3 Å². The highest BCUT2D eigenvalue weighted by atomic mass is 32.2. The number of rotatable bonds is 6. The Balaban J connectivity index is 1.50. The van der Waals surface area contributed by atoms with Crippen LogP contribution in [-0.4, -0.2) is 22.0 Å². The molecular weight excluding hydrogens is 336 g/mol. The number of carboxylic acid groups (broad SMARTS) is 1. The van der Waals surface area contributed by atoms with Crippen molar-refractivity contribution in [2.75, 3.05) is 5.32 Å². The summed E-state index contributed by atoms with van der Waals surface area (Å²) >= 11 is 1.71. The molecule has 1 heterocycles. The highest BCUT2D eigenvalue weighted by Gasteiger charge is 2.33. The van der Waals surface area contributed by atoms with Crippen LogP contribution in [0.2, 0.25) is 0 Å². The SMILES string of the molecule is O=C(O)[C@@H]1CC[C@H](C(=O)Nc2ccc(SCc3cccnc3)cc2)C1. The second-order valence-electron chi connectivity index (χ2n) is 6.21. The number of thioether (sulfide) groups is 1. The molecule has 1 aromatic carbocycles. The molecule has 1 aliphatic rings. The van der Waals surface area contributed by atoms with Gasteiger partial charge in [0.05, 0.1) is 5.92 Å². The summed E-state index contributed by atoms with van der Waals surface area (Å²) in [4.78, 5) is 28.5. The van der Waals surface area contributed by atoms with Crippen LogP contribution in [0.1, 0.15) is 24.8 Å². The lowest BCUT2D eigenvalue weighted by Crippen LogP contribution is -2.21. The topological polar surface area (TPSA) is 79.3 Å². The molecule has 130 valence electrons. The third kappa shape index (κ3) is 4.82. The first-order valence-electron chi connectivity index (χ1n) is 8.27. The summed E-state index contributed by atoms with van der Waals surface area (Å²) < 4.78 is 0. The smallest absolute Gasteiger partial charge is 0.306 e. The number of nitrogens with one attached hydrogen (secondary N) is 1. The summed E-state index contributed by atoms with van der Waals surface area (Å²) in [5.41, 5.74) is 1.91. The van der Waals surface area contributed by atoms with Crippen LogP contribution in [-0.2, 0) is 15.3 Å². The van der Waals surface area contributed by atoms with E-state index in [1.54, 1.807) is 18.0 Å². The van der Waals surface area contributed by atoms with Crippen molar-refractivity contribution in [2.45, 2.75) is 29.9 Å². The number of amides is 1. The molecule has 1 saturated carbocycles. The lowest BCUT2D eigenvalue weighted by molar-refractivity contribution is -0.141. The Morgan fingerprint density at radius 1 is 1.16 bits per heavy atom. The highest BCUT2D eigenvalue weighted by molar-refractivity contribution is 7.98. The van der Waals surface area contributed by atoms with Crippen LogP contribution in [0.15, 0.2) is 53.7 Å². The Bertz CT molecular complexity index is 734. The minimum atomic E-state index is -0.801. The van der Waals surface area contributed by atoms with Gasteiger partial charge in [-0.2, -0.15) is 0 Å². The van der Waals surface area contributed by atoms with Crippen molar-refractivity contribution in [3.63, 3.8) is 0 Å². The summed E-state index contributed by atoms with van der Waals surface area (Å²) in [6.07, 6.45) is 5.27. The number of aromatic nitrogens is 1. The second kappa shape index (κ2) is 8.16. The number of hydrogen-bond donors (Lipinski definition) is 2. The molecule has 2 aromatic rings. The number of pyridine rings is 1. The van der Waals surface area contributed by atoms with E-state index >= 15 is 0 Å². The molecule has 0 aliphatic heterocycles. The number of benzene rings is 1. The van der Waals surface area contributed by atoms with E-state index in [1.807, 2.05) is 42.6 Å².